The topological polar surface area (TPSA) is 177 Å². The number of rotatable bonds is 12. The Kier molecular flexibility index (Phi) is 12.5. The van der Waals surface area contributed by atoms with Gasteiger partial charge in [-0.05, 0) is 95.5 Å². The third kappa shape index (κ3) is 8.36. The van der Waals surface area contributed by atoms with Gasteiger partial charge in [-0.3, -0.25) is 14.6 Å². The molecule has 15 heteroatoms. The van der Waals surface area contributed by atoms with Crippen LogP contribution in [0.4, 0.5) is 15.3 Å². The molecule has 344 valence electrons. The van der Waals surface area contributed by atoms with Gasteiger partial charge in [0.1, 0.15) is 30.3 Å². The van der Waals surface area contributed by atoms with Crippen molar-refractivity contribution in [2.24, 2.45) is 10.9 Å². The van der Waals surface area contributed by atoms with Crippen LogP contribution >= 0.6 is 0 Å². The summed E-state index contributed by atoms with van der Waals surface area (Å²) < 4.78 is 22.4. The summed E-state index contributed by atoms with van der Waals surface area (Å²) in [6.07, 6.45) is 3.77. The maximum Gasteiger partial charge on any atom is 0.407 e. The van der Waals surface area contributed by atoms with Gasteiger partial charge in [0, 0.05) is 43.3 Å². The fourth-order valence-corrected chi connectivity index (χ4v) is 10.2. The second kappa shape index (κ2) is 18.6. The van der Waals surface area contributed by atoms with Crippen LogP contribution in [0.25, 0.3) is 33.2 Å². The maximum absolute atomic E-state index is 14.4. The highest BCUT2D eigenvalue weighted by Crippen LogP contribution is 2.45. The van der Waals surface area contributed by atoms with Gasteiger partial charge in [-0.15, -0.1) is 0 Å². The molecule has 0 spiro atoms. The highest BCUT2D eigenvalue weighted by molar-refractivity contribution is 6.07. The van der Waals surface area contributed by atoms with Crippen molar-refractivity contribution in [3.8, 4) is 28.1 Å². The lowest BCUT2D eigenvalue weighted by Crippen LogP contribution is -2.53. The summed E-state index contributed by atoms with van der Waals surface area (Å²) in [4.78, 5) is 70.4. The second-order valence-corrected chi connectivity index (χ2v) is 17.7. The number of imidazole rings is 1. The predicted octanol–water partition coefficient (Wildman–Crippen LogP) is 8.34. The average Bonchev–Trinajstić information content (AvgIpc) is 4.17. The van der Waals surface area contributed by atoms with Crippen LogP contribution in [0.15, 0.2) is 84.0 Å². The summed E-state index contributed by atoms with van der Waals surface area (Å²) in [6, 6.07) is 21.7. The van der Waals surface area contributed by atoms with Crippen molar-refractivity contribution in [1.82, 2.24) is 30.4 Å². The number of benzene rings is 4. The number of ether oxygens (including phenoxy) is 4. The normalized spacial score (nSPS) is 20.9. The number of H-pyrrole nitrogens is 1. The van der Waals surface area contributed by atoms with E-state index in [2.05, 4.69) is 52.0 Å². The molecule has 2 fully saturated rings. The predicted molar refractivity (Wildman–Crippen MR) is 249 cm³/mol. The van der Waals surface area contributed by atoms with Crippen molar-refractivity contribution < 1.29 is 38.1 Å². The van der Waals surface area contributed by atoms with E-state index in [0.717, 1.165) is 80.7 Å². The van der Waals surface area contributed by atoms with E-state index in [4.69, 9.17) is 28.9 Å². The first-order valence-electron chi connectivity index (χ1n) is 23.0. The second-order valence-electron chi connectivity index (χ2n) is 17.7. The molecular formula is C51H57N7O8. The Morgan fingerprint density at radius 2 is 1.70 bits per heavy atom. The van der Waals surface area contributed by atoms with E-state index in [1.165, 1.54) is 14.2 Å². The van der Waals surface area contributed by atoms with Gasteiger partial charge in [-0.25, -0.2) is 14.6 Å². The first-order valence-corrected chi connectivity index (χ1v) is 23.0. The standard InChI is InChI=1S/C51H57N7O8/c1-7-28(3)45(55-50(61)63-5)49(60)58-29(4)14-19-42(58)47-52-25-41(54-47)32-15-17-35-33(20-32)27-66-44-24-36-31(21-38(35)44)16-18-39-37(36)23-40(53-39)43-22-34(65-8-2)26-57(43)48(59)46(56-51(62)64-6)30-12-10-9-11-13-30/h9-13,15-18,20-21,24-25,28-29,34,42-43,45-46H,7-8,14,19,22-23,26-27H2,1-6H3,(H,52,54)(H,55,61)(H,56,62)/t28-,29-,34-,42-,43-,45-,46+/m0/s1. The molecule has 4 aliphatic heterocycles. The van der Waals surface area contributed by atoms with Gasteiger partial charge in [0.05, 0.1) is 50.0 Å². The molecule has 4 amide bonds. The van der Waals surface area contributed by atoms with Crippen LogP contribution < -0.4 is 15.4 Å². The first kappa shape index (κ1) is 44.5. The van der Waals surface area contributed by atoms with E-state index in [0.29, 0.717) is 44.0 Å². The van der Waals surface area contributed by atoms with Gasteiger partial charge < -0.3 is 44.4 Å². The molecule has 9 rings (SSSR count). The fourth-order valence-electron chi connectivity index (χ4n) is 10.2. The molecule has 0 unspecified atom stereocenters. The van der Waals surface area contributed by atoms with Crippen molar-refractivity contribution in [1.29, 1.82) is 0 Å². The van der Waals surface area contributed by atoms with E-state index in [-0.39, 0.29) is 42.0 Å². The molecule has 5 aromatic rings. The quantitative estimate of drug-likeness (QED) is 0.111. The lowest BCUT2D eigenvalue weighted by Gasteiger charge is -2.33. The number of carbonyl (C=O) groups is 4. The number of hydrogen-bond donors (Lipinski definition) is 3. The van der Waals surface area contributed by atoms with Gasteiger partial charge in [-0.2, -0.15) is 0 Å². The fraction of sp³-hybridized carbons (Fsp3) is 0.412. The molecule has 2 saturated heterocycles. The summed E-state index contributed by atoms with van der Waals surface area (Å²) >= 11 is 0. The Labute approximate surface area is 384 Å². The smallest absolute Gasteiger partial charge is 0.407 e. The lowest BCUT2D eigenvalue weighted by atomic mass is 9.90. The summed E-state index contributed by atoms with van der Waals surface area (Å²) in [5, 5.41) is 7.65. The summed E-state index contributed by atoms with van der Waals surface area (Å²) in [6.45, 7) is 9.22. The molecule has 7 atom stereocenters. The number of nitrogens with zero attached hydrogens (tertiary/aromatic N) is 4. The average molecular weight is 896 g/mol. The van der Waals surface area contributed by atoms with Crippen LogP contribution in [0.5, 0.6) is 5.75 Å². The van der Waals surface area contributed by atoms with E-state index in [9.17, 15) is 19.2 Å². The Bertz CT molecular complexity index is 2700. The summed E-state index contributed by atoms with van der Waals surface area (Å²) in [7, 11) is 2.59. The van der Waals surface area contributed by atoms with E-state index in [1.807, 2.05) is 80.1 Å². The van der Waals surface area contributed by atoms with Crippen molar-refractivity contribution >= 4 is 46.2 Å². The van der Waals surface area contributed by atoms with E-state index in [1.54, 1.807) is 0 Å². The zero-order valence-electron chi connectivity index (χ0n) is 38.3. The SMILES string of the molecule is CCO[C@H]1C[C@@H](C2=Nc3ccc4cc5c(cc4c3C2)OCc2cc(-c3cnc([C@@H]4CC[C@H](C)N4C(=O)[C@@H](NC(=O)OC)[C@@H](C)CC)[nH]3)ccc2-5)N(C(=O)[C@H](NC(=O)OC)c2ccccc2)C1. The van der Waals surface area contributed by atoms with Crippen LogP contribution in [0.3, 0.4) is 0 Å². The maximum atomic E-state index is 14.4. The zero-order chi connectivity index (χ0) is 46.2. The number of amides is 4. The first-order chi connectivity index (χ1) is 32.0. The van der Waals surface area contributed by atoms with Crippen LogP contribution in [0.1, 0.15) is 88.0 Å². The monoisotopic (exact) mass is 895 g/mol. The van der Waals surface area contributed by atoms with Gasteiger partial charge in [-0.1, -0.05) is 68.8 Å². The zero-order valence-corrected chi connectivity index (χ0v) is 38.3. The lowest BCUT2D eigenvalue weighted by molar-refractivity contribution is -0.137. The molecule has 4 aromatic carbocycles. The van der Waals surface area contributed by atoms with Gasteiger partial charge in [0.2, 0.25) is 5.91 Å². The number of aromatic nitrogens is 2. The van der Waals surface area contributed by atoms with Crippen molar-refractivity contribution in [3.63, 3.8) is 0 Å². The van der Waals surface area contributed by atoms with Gasteiger partial charge in [0.25, 0.3) is 5.91 Å². The Morgan fingerprint density at radius 3 is 2.45 bits per heavy atom. The molecular weight excluding hydrogens is 839 g/mol. The molecule has 0 radical (unpaired) electrons. The van der Waals surface area contributed by atoms with Crippen molar-refractivity contribution in [3.05, 3.63) is 102 Å². The highest BCUT2D eigenvalue weighted by atomic mass is 16.5. The number of methoxy groups -OCH3 is 2. The Hall–Kier alpha value is -6.74. The van der Waals surface area contributed by atoms with E-state index >= 15 is 0 Å². The summed E-state index contributed by atoms with van der Waals surface area (Å²) in [5.74, 6) is 1.04. The van der Waals surface area contributed by atoms with Gasteiger partial charge in [0.15, 0.2) is 0 Å². The molecule has 15 nitrogen and oxygen atoms in total. The molecule has 1 aromatic heterocycles. The number of alkyl carbamates (subject to hydrolysis) is 2. The van der Waals surface area contributed by atoms with Crippen LogP contribution in [0, 0.1) is 5.92 Å². The molecule has 4 aliphatic rings. The molecule has 66 heavy (non-hydrogen) atoms. The number of aromatic amines is 1. The molecule has 3 N–H and O–H groups in total. The van der Waals surface area contributed by atoms with Crippen LogP contribution in [-0.4, -0.2) is 101 Å². The summed E-state index contributed by atoms with van der Waals surface area (Å²) in [5.41, 5.74) is 8.42. The molecule has 0 bridgehead atoms. The third-order valence-corrected chi connectivity index (χ3v) is 13.9. The third-order valence-electron chi connectivity index (χ3n) is 13.9. The minimum Gasteiger partial charge on any atom is -0.488 e. The minimum absolute atomic E-state index is 0.0204. The Balaban J connectivity index is 0.948. The Morgan fingerprint density at radius 1 is 0.909 bits per heavy atom. The van der Waals surface area contributed by atoms with Crippen molar-refractivity contribution in [2.45, 2.75) is 103 Å². The number of hydrogen-bond acceptors (Lipinski definition) is 10. The number of nitrogens with one attached hydrogen (secondary N) is 3. The van der Waals surface area contributed by atoms with Crippen LogP contribution in [-0.2, 0) is 36.8 Å². The minimum atomic E-state index is -0.943. The number of aliphatic imine (C=N–C) groups is 1. The van der Waals surface area contributed by atoms with Gasteiger partial charge >= 0.3 is 12.2 Å². The highest BCUT2D eigenvalue weighted by Gasteiger charge is 2.44. The molecule has 0 aliphatic carbocycles. The van der Waals surface area contributed by atoms with Crippen molar-refractivity contribution in [2.75, 3.05) is 27.4 Å². The molecule has 5 heterocycles. The number of likely N-dealkylation sites (tertiary alicyclic amines) is 2. The number of fused-ring (bicyclic) bond motifs is 6. The molecule has 0 saturated carbocycles. The largest absolute Gasteiger partial charge is 0.488 e. The van der Waals surface area contributed by atoms with E-state index < -0.39 is 24.3 Å². The van der Waals surface area contributed by atoms with Crippen LogP contribution in [0.2, 0.25) is 0 Å². The number of carbonyl (C=O) groups excluding carboxylic acids is 4.